The van der Waals surface area contributed by atoms with E-state index < -0.39 is 0 Å². The molecule has 0 radical (unpaired) electrons. The molecule has 1 aliphatic rings. The summed E-state index contributed by atoms with van der Waals surface area (Å²) in [6, 6.07) is 9.51. The normalized spacial score (nSPS) is 17.8. The number of carbonyl (C=O) groups is 1. The summed E-state index contributed by atoms with van der Waals surface area (Å²) in [7, 11) is 0. The Hall–Kier alpha value is -3.03. The lowest BCUT2D eigenvalue weighted by molar-refractivity contribution is 0.0673. The summed E-state index contributed by atoms with van der Waals surface area (Å²) in [4.78, 5) is 14.8. The fraction of sp³-hybridized carbons (Fsp3) is 0.312. The van der Waals surface area contributed by atoms with Crippen LogP contribution in [0, 0.1) is 0 Å². The predicted octanol–water partition coefficient (Wildman–Crippen LogP) is 1.34. The van der Waals surface area contributed by atoms with E-state index in [1.165, 1.54) is 6.33 Å². The largest absolute Gasteiger partial charge is 0.337 e. The molecule has 1 aliphatic heterocycles. The van der Waals surface area contributed by atoms with Gasteiger partial charge in [0.25, 0.3) is 5.91 Å². The molecule has 0 aliphatic carbocycles. The third-order valence-electron chi connectivity index (χ3n) is 4.29. The molecule has 1 saturated heterocycles. The summed E-state index contributed by atoms with van der Waals surface area (Å²) in [5.74, 6) is 0.0294. The predicted molar refractivity (Wildman–Crippen MR) is 85.6 cm³/mol. The quantitative estimate of drug-likeness (QED) is 0.726. The minimum absolute atomic E-state index is 0.0294. The third-order valence-corrected chi connectivity index (χ3v) is 4.29. The molecule has 8 nitrogen and oxygen atoms in total. The number of amides is 1. The average Bonchev–Trinajstić information content (AvgIpc) is 3.35. The minimum Gasteiger partial charge on any atom is -0.337 e. The van der Waals surface area contributed by atoms with Crippen LogP contribution in [0.25, 0.3) is 5.69 Å². The maximum absolute atomic E-state index is 12.9. The SMILES string of the molecule is O=C(c1cccc(-n2cnnn2)c1)N1CCCC(n2cccn2)C1. The number of hydrogen-bond donors (Lipinski definition) is 0. The monoisotopic (exact) mass is 323 g/mol. The van der Waals surface area contributed by atoms with Gasteiger partial charge in [0.1, 0.15) is 6.33 Å². The summed E-state index contributed by atoms with van der Waals surface area (Å²) in [6.45, 7) is 1.45. The highest BCUT2D eigenvalue weighted by molar-refractivity contribution is 5.94. The highest BCUT2D eigenvalue weighted by atomic mass is 16.2. The van der Waals surface area contributed by atoms with Gasteiger partial charge in [-0.3, -0.25) is 9.48 Å². The zero-order valence-corrected chi connectivity index (χ0v) is 13.1. The first kappa shape index (κ1) is 14.6. The molecule has 1 unspecified atom stereocenters. The lowest BCUT2D eigenvalue weighted by Crippen LogP contribution is -2.40. The smallest absolute Gasteiger partial charge is 0.254 e. The molecule has 3 heterocycles. The number of hydrogen-bond acceptors (Lipinski definition) is 5. The fourth-order valence-electron chi connectivity index (χ4n) is 3.10. The number of likely N-dealkylation sites (tertiary alicyclic amines) is 1. The van der Waals surface area contributed by atoms with Gasteiger partial charge in [-0.25, -0.2) is 4.68 Å². The van der Waals surface area contributed by atoms with Crippen LogP contribution in [0.4, 0.5) is 0 Å². The molecule has 1 atom stereocenters. The van der Waals surface area contributed by atoms with Crippen molar-refractivity contribution in [2.75, 3.05) is 13.1 Å². The summed E-state index contributed by atoms with van der Waals surface area (Å²) in [5, 5.41) is 15.4. The Morgan fingerprint density at radius 2 is 2.21 bits per heavy atom. The summed E-state index contributed by atoms with van der Waals surface area (Å²) < 4.78 is 3.48. The zero-order valence-electron chi connectivity index (χ0n) is 13.1. The maximum Gasteiger partial charge on any atom is 0.254 e. The molecule has 0 N–H and O–H groups in total. The van der Waals surface area contributed by atoms with Crippen LogP contribution in [0.2, 0.25) is 0 Å². The molecule has 0 saturated carbocycles. The molecule has 8 heteroatoms. The van der Waals surface area contributed by atoms with Crippen LogP contribution in [0.1, 0.15) is 29.2 Å². The number of tetrazole rings is 1. The van der Waals surface area contributed by atoms with E-state index in [0.29, 0.717) is 12.1 Å². The van der Waals surface area contributed by atoms with Crippen molar-refractivity contribution in [3.8, 4) is 5.69 Å². The Bertz CT molecular complexity index is 813. The average molecular weight is 323 g/mol. The van der Waals surface area contributed by atoms with Crippen molar-refractivity contribution in [2.45, 2.75) is 18.9 Å². The van der Waals surface area contributed by atoms with Gasteiger partial charge in [-0.15, -0.1) is 5.10 Å². The van der Waals surface area contributed by atoms with Crippen LogP contribution in [0.5, 0.6) is 0 Å². The van der Waals surface area contributed by atoms with Gasteiger partial charge in [0, 0.05) is 31.0 Å². The van der Waals surface area contributed by atoms with Crippen molar-refractivity contribution < 1.29 is 4.79 Å². The number of piperidine rings is 1. The van der Waals surface area contributed by atoms with Crippen LogP contribution < -0.4 is 0 Å². The van der Waals surface area contributed by atoms with E-state index in [1.807, 2.05) is 46.1 Å². The molecule has 1 aromatic carbocycles. The summed E-state index contributed by atoms with van der Waals surface area (Å²) in [5.41, 5.74) is 1.41. The van der Waals surface area contributed by atoms with Crippen molar-refractivity contribution in [2.24, 2.45) is 0 Å². The molecule has 24 heavy (non-hydrogen) atoms. The first-order chi connectivity index (χ1) is 11.8. The molecule has 3 aromatic rings. The lowest BCUT2D eigenvalue weighted by Gasteiger charge is -2.33. The van der Waals surface area contributed by atoms with Gasteiger partial charge in [0.2, 0.25) is 0 Å². The zero-order chi connectivity index (χ0) is 16.4. The van der Waals surface area contributed by atoms with Crippen molar-refractivity contribution in [1.29, 1.82) is 0 Å². The molecule has 2 aromatic heterocycles. The summed E-state index contributed by atoms with van der Waals surface area (Å²) >= 11 is 0. The van der Waals surface area contributed by atoms with Crippen LogP contribution in [0.15, 0.2) is 49.1 Å². The van der Waals surface area contributed by atoms with Crippen LogP contribution in [0.3, 0.4) is 0 Å². The number of aromatic nitrogens is 6. The minimum atomic E-state index is 0.0294. The van der Waals surface area contributed by atoms with E-state index in [-0.39, 0.29) is 11.9 Å². The van der Waals surface area contributed by atoms with Crippen molar-refractivity contribution >= 4 is 5.91 Å². The second-order valence-corrected chi connectivity index (χ2v) is 5.84. The number of benzene rings is 1. The van der Waals surface area contributed by atoms with Gasteiger partial charge in [-0.1, -0.05) is 6.07 Å². The van der Waals surface area contributed by atoms with Gasteiger partial charge in [-0.2, -0.15) is 5.10 Å². The van der Waals surface area contributed by atoms with Gasteiger partial charge in [0.15, 0.2) is 0 Å². The molecule has 0 bridgehead atoms. The van der Waals surface area contributed by atoms with E-state index in [9.17, 15) is 4.79 Å². The summed E-state index contributed by atoms with van der Waals surface area (Å²) in [6.07, 6.45) is 7.25. The van der Waals surface area contributed by atoms with E-state index in [1.54, 1.807) is 10.9 Å². The molecule has 1 fully saturated rings. The van der Waals surface area contributed by atoms with Crippen molar-refractivity contribution in [3.05, 3.63) is 54.6 Å². The lowest BCUT2D eigenvalue weighted by atomic mass is 10.0. The van der Waals surface area contributed by atoms with Gasteiger partial charge in [-0.05, 0) is 47.5 Å². The number of carbonyl (C=O) groups excluding carboxylic acids is 1. The molecule has 4 rings (SSSR count). The Balaban J connectivity index is 1.54. The number of rotatable bonds is 3. The van der Waals surface area contributed by atoms with E-state index in [0.717, 1.165) is 25.1 Å². The Morgan fingerprint density at radius 3 is 3.00 bits per heavy atom. The Morgan fingerprint density at radius 1 is 1.25 bits per heavy atom. The standard InChI is InChI=1S/C16H17N7O/c24-16(13-4-1-5-14(10-13)23-12-17-19-20-23)21-8-2-6-15(11-21)22-9-3-7-18-22/h1,3-5,7,9-10,12,15H,2,6,8,11H2. The third kappa shape index (κ3) is 2.78. The van der Waals surface area contributed by atoms with Gasteiger partial charge >= 0.3 is 0 Å². The second-order valence-electron chi connectivity index (χ2n) is 5.84. The molecule has 122 valence electrons. The fourth-order valence-corrected chi connectivity index (χ4v) is 3.10. The van der Waals surface area contributed by atoms with Gasteiger partial charge < -0.3 is 4.90 Å². The van der Waals surface area contributed by atoms with Crippen LogP contribution in [-0.2, 0) is 0 Å². The van der Waals surface area contributed by atoms with Gasteiger partial charge in [0.05, 0.1) is 11.7 Å². The molecule has 0 spiro atoms. The number of nitrogens with zero attached hydrogens (tertiary/aromatic N) is 7. The van der Waals surface area contributed by atoms with Crippen molar-refractivity contribution in [1.82, 2.24) is 34.9 Å². The van der Waals surface area contributed by atoms with Crippen LogP contribution >= 0.6 is 0 Å². The first-order valence-electron chi connectivity index (χ1n) is 7.93. The highest BCUT2D eigenvalue weighted by Gasteiger charge is 2.25. The van der Waals surface area contributed by atoms with E-state index >= 15 is 0 Å². The first-order valence-corrected chi connectivity index (χ1v) is 7.93. The van der Waals surface area contributed by atoms with Crippen molar-refractivity contribution in [3.63, 3.8) is 0 Å². The highest BCUT2D eigenvalue weighted by Crippen LogP contribution is 2.22. The molecular weight excluding hydrogens is 306 g/mol. The Labute approximate surface area is 138 Å². The Kier molecular flexibility index (Phi) is 3.78. The van der Waals surface area contributed by atoms with Crippen LogP contribution in [-0.4, -0.2) is 53.9 Å². The molecular formula is C16H17N7O. The van der Waals surface area contributed by atoms with E-state index in [2.05, 4.69) is 20.6 Å². The second kappa shape index (κ2) is 6.23. The van der Waals surface area contributed by atoms with E-state index in [4.69, 9.17) is 0 Å². The molecule has 1 amide bonds. The maximum atomic E-state index is 12.9. The topological polar surface area (TPSA) is 81.7 Å².